The summed E-state index contributed by atoms with van der Waals surface area (Å²) in [4.78, 5) is 15.9. The summed E-state index contributed by atoms with van der Waals surface area (Å²) in [5.74, 6) is 0.303. The fraction of sp³-hybridized carbons (Fsp3) is 0.174. The minimum atomic E-state index is -0.333. The van der Waals surface area contributed by atoms with Gasteiger partial charge >= 0.3 is 0 Å². The first-order valence-electron chi connectivity index (χ1n) is 9.07. The van der Waals surface area contributed by atoms with Gasteiger partial charge < -0.3 is 4.74 Å². The Balaban J connectivity index is 1.53. The molecule has 5 nitrogen and oxygen atoms in total. The van der Waals surface area contributed by atoms with Gasteiger partial charge in [0.2, 0.25) is 0 Å². The lowest BCUT2D eigenvalue weighted by Gasteiger charge is -2.26. The molecule has 1 heterocycles. The molecule has 2 aromatic carbocycles. The maximum atomic E-state index is 11.8. The number of aromatic nitrogens is 1. The van der Waals surface area contributed by atoms with Gasteiger partial charge in [0, 0.05) is 11.6 Å². The number of carbonyl (C=O) groups is 1. The van der Waals surface area contributed by atoms with Crippen molar-refractivity contribution in [1.82, 2.24) is 10.4 Å². The second-order valence-electron chi connectivity index (χ2n) is 6.85. The van der Waals surface area contributed by atoms with Gasteiger partial charge in [-0.25, -0.2) is 5.43 Å². The lowest BCUT2D eigenvalue weighted by molar-refractivity contribution is -0.123. The molecular formula is C23H23N3O2. The Morgan fingerprint density at radius 3 is 2.36 bits per heavy atom. The van der Waals surface area contributed by atoms with Crippen LogP contribution in [-0.4, -0.2) is 23.7 Å². The molecule has 0 aliphatic carbocycles. The predicted octanol–water partition coefficient (Wildman–Crippen LogP) is 3.94. The van der Waals surface area contributed by atoms with Crippen molar-refractivity contribution < 1.29 is 9.53 Å². The van der Waals surface area contributed by atoms with Crippen LogP contribution in [0.2, 0.25) is 0 Å². The molecule has 0 bridgehead atoms. The number of pyridine rings is 1. The van der Waals surface area contributed by atoms with Crippen LogP contribution in [0.5, 0.6) is 5.75 Å². The van der Waals surface area contributed by atoms with E-state index in [0.29, 0.717) is 11.4 Å². The number of hydrogen-bond acceptors (Lipinski definition) is 4. The summed E-state index contributed by atoms with van der Waals surface area (Å²) >= 11 is 0. The summed E-state index contributed by atoms with van der Waals surface area (Å²) in [5.41, 5.74) is 5.40. The molecule has 28 heavy (non-hydrogen) atoms. The van der Waals surface area contributed by atoms with Crippen molar-refractivity contribution in [2.75, 3.05) is 6.61 Å². The molecule has 1 amide bonds. The summed E-state index contributed by atoms with van der Waals surface area (Å²) in [5, 5.41) is 3.87. The Labute approximate surface area is 165 Å². The summed E-state index contributed by atoms with van der Waals surface area (Å²) < 4.78 is 5.54. The second kappa shape index (κ2) is 8.95. The van der Waals surface area contributed by atoms with E-state index in [9.17, 15) is 4.79 Å². The first-order chi connectivity index (χ1) is 13.6. The Kier molecular flexibility index (Phi) is 6.17. The van der Waals surface area contributed by atoms with E-state index in [1.807, 2.05) is 54.6 Å². The van der Waals surface area contributed by atoms with Crippen LogP contribution < -0.4 is 10.2 Å². The van der Waals surface area contributed by atoms with E-state index in [1.165, 1.54) is 17.3 Å². The summed E-state index contributed by atoms with van der Waals surface area (Å²) in [7, 11) is 0. The molecule has 0 saturated carbocycles. The van der Waals surface area contributed by atoms with E-state index in [4.69, 9.17) is 4.74 Å². The average molecular weight is 373 g/mol. The number of hydrogen-bond donors (Lipinski definition) is 1. The van der Waals surface area contributed by atoms with Crippen LogP contribution in [0.1, 0.15) is 30.7 Å². The molecule has 0 radical (unpaired) electrons. The minimum Gasteiger partial charge on any atom is -0.484 e. The zero-order chi connectivity index (χ0) is 19.8. The number of ether oxygens (including phenoxy) is 1. The van der Waals surface area contributed by atoms with Crippen molar-refractivity contribution >= 4 is 12.1 Å². The van der Waals surface area contributed by atoms with Gasteiger partial charge in [-0.15, -0.1) is 0 Å². The maximum Gasteiger partial charge on any atom is 0.277 e. The van der Waals surface area contributed by atoms with Crippen LogP contribution >= 0.6 is 0 Å². The van der Waals surface area contributed by atoms with Crippen LogP contribution in [0.15, 0.2) is 84.1 Å². The average Bonchev–Trinajstić information content (AvgIpc) is 2.74. The van der Waals surface area contributed by atoms with E-state index in [2.05, 4.69) is 41.5 Å². The predicted molar refractivity (Wildman–Crippen MR) is 110 cm³/mol. The van der Waals surface area contributed by atoms with Crippen molar-refractivity contribution in [2.24, 2.45) is 5.10 Å². The summed E-state index contributed by atoms with van der Waals surface area (Å²) in [6.45, 7) is 4.26. The van der Waals surface area contributed by atoms with E-state index in [1.54, 1.807) is 12.3 Å². The Hall–Kier alpha value is -3.47. The molecule has 0 aliphatic rings. The summed E-state index contributed by atoms with van der Waals surface area (Å²) in [6.07, 6.45) is 3.15. The third-order valence-electron chi connectivity index (χ3n) is 4.52. The smallest absolute Gasteiger partial charge is 0.277 e. The maximum absolute atomic E-state index is 11.8. The molecule has 3 aromatic rings. The highest BCUT2D eigenvalue weighted by atomic mass is 16.5. The van der Waals surface area contributed by atoms with Crippen LogP contribution in [0.3, 0.4) is 0 Å². The molecule has 5 heteroatoms. The molecule has 0 unspecified atom stereocenters. The number of carbonyl (C=O) groups excluding carboxylic acids is 1. The first kappa shape index (κ1) is 19.3. The van der Waals surface area contributed by atoms with Crippen LogP contribution in [-0.2, 0) is 10.2 Å². The molecule has 0 saturated heterocycles. The van der Waals surface area contributed by atoms with Gasteiger partial charge in [0.15, 0.2) is 6.61 Å². The molecule has 1 aromatic heterocycles. The molecule has 1 N–H and O–H groups in total. The van der Waals surface area contributed by atoms with Gasteiger partial charge in [-0.1, -0.05) is 62.4 Å². The number of hydrazone groups is 1. The Morgan fingerprint density at radius 2 is 1.68 bits per heavy atom. The van der Waals surface area contributed by atoms with E-state index in [0.717, 1.165) is 0 Å². The highest BCUT2D eigenvalue weighted by Crippen LogP contribution is 2.32. The molecular weight excluding hydrogens is 350 g/mol. The van der Waals surface area contributed by atoms with E-state index in [-0.39, 0.29) is 17.9 Å². The monoisotopic (exact) mass is 373 g/mol. The fourth-order valence-corrected chi connectivity index (χ4v) is 2.79. The quantitative estimate of drug-likeness (QED) is 0.504. The van der Waals surface area contributed by atoms with Gasteiger partial charge in [-0.05, 0) is 35.4 Å². The lowest BCUT2D eigenvalue weighted by Crippen LogP contribution is -2.24. The van der Waals surface area contributed by atoms with Crippen molar-refractivity contribution in [3.8, 4) is 5.75 Å². The normalized spacial score (nSPS) is 11.4. The number of nitrogens with zero attached hydrogens (tertiary/aromatic N) is 2. The SMILES string of the molecule is CC(C)(c1ccccc1)c1ccc(OCC(=O)NN=Cc2ccccn2)cc1. The molecule has 142 valence electrons. The Morgan fingerprint density at radius 1 is 1.00 bits per heavy atom. The standard InChI is InChI=1S/C23H23N3O2/c1-23(2,18-8-4-3-5-9-18)19-11-13-21(14-12-19)28-17-22(27)26-25-16-20-10-6-7-15-24-20/h3-16H,17H2,1-2H3,(H,26,27). The molecule has 0 aliphatic heterocycles. The molecule has 3 rings (SSSR count). The van der Waals surface area contributed by atoms with Crippen molar-refractivity contribution in [3.05, 3.63) is 95.8 Å². The van der Waals surface area contributed by atoms with Gasteiger partial charge in [0.25, 0.3) is 5.91 Å². The number of amides is 1. The number of nitrogens with one attached hydrogen (secondary N) is 1. The Bertz CT molecular complexity index is 921. The first-order valence-corrected chi connectivity index (χ1v) is 9.07. The van der Waals surface area contributed by atoms with Crippen molar-refractivity contribution in [1.29, 1.82) is 0 Å². The number of rotatable bonds is 7. The summed E-state index contributed by atoms with van der Waals surface area (Å²) in [6, 6.07) is 23.6. The minimum absolute atomic E-state index is 0.110. The third kappa shape index (κ3) is 5.04. The van der Waals surface area contributed by atoms with Crippen LogP contribution in [0.4, 0.5) is 0 Å². The fourth-order valence-electron chi connectivity index (χ4n) is 2.79. The van der Waals surface area contributed by atoms with E-state index < -0.39 is 0 Å². The van der Waals surface area contributed by atoms with Crippen molar-refractivity contribution in [3.63, 3.8) is 0 Å². The van der Waals surface area contributed by atoms with Crippen LogP contribution in [0, 0.1) is 0 Å². The van der Waals surface area contributed by atoms with Gasteiger partial charge in [0.1, 0.15) is 5.75 Å². The highest BCUT2D eigenvalue weighted by molar-refractivity contribution is 5.81. The van der Waals surface area contributed by atoms with Crippen molar-refractivity contribution in [2.45, 2.75) is 19.3 Å². The zero-order valence-electron chi connectivity index (χ0n) is 16.0. The van der Waals surface area contributed by atoms with Gasteiger partial charge in [-0.2, -0.15) is 5.10 Å². The zero-order valence-corrected chi connectivity index (χ0v) is 16.0. The number of benzene rings is 2. The molecule has 0 atom stereocenters. The van der Waals surface area contributed by atoms with E-state index >= 15 is 0 Å². The third-order valence-corrected chi connectivity index (χ3v) is 4.52. The topological polar surface area (TPSA) is 63.6 Å². The largest absolute Gasteiger partial charge is 0.484 e. The second-order valence-corrected chi connectivity index (χ2v) is 6.85. The molecule has 0 spiro atoms. The van der Waals surface area contributed by atoms with Gasteiger partial charge in [0.05, 0.1) is 11.9 Å². The van der Waals surface area contributed by atoms with Crippen LogP contribution in [0.25, 0.3) is 0 Å². The lowest BCUT2D eigenvalue weighted by atomic mass is 9.78. The van der Waals surface area contributed by atoms with Gasteiger partial charge in [-0.3, -0.25) is 9.78 Å². The highest BCUT2D eigenvalue weighted by Gasteiger charge is 2.22. The molecule has 0 fully saturated rings.